The molecule has 0 saturated carbocycles. The quantitative estimate of drug-likeness (QED) is 0.529. The number of β-amino-alcohol motifs (C(OH)–C–C–N with tert-alkyl or cyclic N) is 1. The summed E-state index contributed by atoms with van der Waals surface area (Å²) in [5.74, 6) is -4.47. The summed E-state index contributed by atoms with van der Waals surface area (Å²) in [7, 11) is 0. The van der Waals surface area contributed by atoms with E-state index in [1.54, 1.807) is 19.9 Å². The molecule has 1 aliphatic heterocycles. The summed E-state index contributed by atoms with van der Waals surface area (Å²) in [6.45, 7) is 7.24. The van der Waals surface area contributed by atoms with Crippen LogP contribution in [0.15, 0.2) is 30.3 Å². The molecule has 10 heteroatoms. The highest BCUT2D eigenvalue weighted by Crippen LogP contribution is 2.31. The third-order valence-electron chi connectivity index (χ3n) is 4.65. The van der Waals surface area contributed by atoms with E-state index in [4.69, 9.17) is 10.8 Å². The number of anilines is 2. The number of carboxylic acid groups (broad SMARTS) is 1. The van der Waals surface area contributed by atoms with Crippen molar-refractivity contribution in [3.8, 4) is 0 Å². The van der Waals surface area contributed by atoms with Crippen LogP contribution < -0.4 is 11.1 Å². The maximum atomic E-state index is 14.3. The number of amides is 1. The number of nitrogens with zero attached hydrogens (tertiary/aromatic N) is 1. The van der Waals surface area contributed by atoms with Crippen molar-refractivity contribution in [3.05, 3.63) is 58.9 Å². The van der Waals surface area contributed by atoms with Gasteiger partial charge in [0.25, 0.3) is 5.91 Å². The van der Waals surface area contributed by atoms with Gasteiger partial charge in [0.05, 0.1) is 30.0 Å². The fourth-order valence-electron chi connectivity index (χ4n) is 2.81. The van der Waals surface area contributed by atoms with Gasteiger partial charge in [0.15, 0.2) is 11.6 Å². The third-order valence-corrected chi connectivity index (χ3v) is 4.65. The summed E-state index contributed by atoms with van der Waals surface area (Å²) in [4.78, 5) is 23.2. The average molecular weight is 470 g/mol. The van der Waals surface area contributed by atoms with Gasteiger partial charge in [-0.15, -0.1) is 0 Å². The molecule has 182 valence electrons. The molecule has 1 fully saturated rings. The van der Waals surface area contributed by atoms with Crippen molar-refractivity contribution in [1.82, 2.24) is 4.90 Å². The fraction of sp³-hybridized carbons (Fsp3) is 0.391. The Hall–Kier alpha value is -3.11. The minimum atomic E-state index is -1.29. The van der Waals surface area contributed by atoms with E-state index in [0.29, 0.717) is 5.56 Å². The highest BCUT2D eigenvalue weighted by Gasteiger charge is 2.43. The van der Waals surface area contributed by atoms with E-state index >= 15 is 0 Å². The lowest BCUT2D eigenvalue weighted by atomic mass is 9.93. The standard InChI is InChI=1S/C18H18F3N3O2.C3H6O2.C2H6/c1-10-2-5-14(13(20)6-10)23-16-11(3-4-12(19)15(16)21)17(25)24-8-18(26,7-22)9-24;1-2-3(4)5;1-2/h2-6,23,26H,7-9,22H2,1H3;2H2,1H3,(H,4,5);1-2H3. The van der Waals surface area contributed by atoms with Crippen molar-refractivity contribution in [2.45, 2.75) is 39.7 Å². The van der Waals surface area contributed by atoms with Crippen molar-refractivity contribution in [1.29, 1.82) is 0 Å². The van der Waals surface area contributed by atoms with Crippen LogP contribution in [-0.4, -0.2) is 52.2 Å². The van der Waals surface area contributed by atoms with Gasteiger partial charge in [-0.3, -0.25) is 9.59 Å². The first-order valence-electron chi connectivity index (χ1n) is 10.5. The summed E-state index contributed by atoms with van der Waals surface area (Å²) in [6, 6.07) is 6.15. The maximum Gasteiger partial charge on any atom is 0.303 e. The van der Waals surface area contributed by atoms with Crippen molar-refractivity contribution in [2.24, 2.45) is 5.73 Å². The number of aryl methyl sites for hydroxylation is 1. The van der Waals surface area contributed by atoms with Crippen molar-refractivity contribution >= 4 is 23.3 Å². The van der Waals surface area contributed by atoms with Crippen LogP contribution in [-0.2, 0) is 4.79 Å². The van der Waals surface area contributed by atoms with Crippen LogP contribution in [0.1, 0.15) is 43.1 Å². The number of carbonyl (C=O) groups is 2. The molecule has 1 amide bonds. The number of hydrogen-bond acceptors (Lipinski definition) is 5. The summed E-state index contributed by atoms with van der Waals surface area (Å²) in [6.07, 6.45) is 0.222. The zero-order valence-corrected chi connectivity index (χ0v) is 19.1. The summed E-state index contributed by atoms with van der Waals surface area (Å²) >= 11 is 0. The first-order valence-corrected chi connectivity index (χ1v) is 10.5. The highest BCUT2D eigenvalue weighted by molar-refractivity contribution is 6.01. The predicted molar refractivity (Wildman–Crippen MR) is 120 cm³/mol. The van der Waals surface area contributed by atoms with Crippen molar-refractivity contribution < 1.29 is 33.0 Å². The number of benzene rings is 2. The van der Waals surface area contributed by atoms with Crippen LogP contribution >= 0.6 is 0 Å². The molecule has 7 nitrogen and oxygen atoms in total. The van der Waals surface area contributed by atoms with Gasteiger partial charge in [-0.05, 0) is 36.8 Å². The molecule has 0 atom stereocenters. The minimum Gasteiger partial charge on any atom is -0.481 e. The molecular weight excluding hydrogens is 439 g/mol. The van der Waals surface area contributed by atoms with Crippen LogP contribution in [0.5, 0.6) is 0 Å². The van der Waals surface area contributed by atoms with Crippen LogP contribution in [0.2, 0.25) is 0 Å². The van der Waals surface area contributed by atoms with Gasteiger partial charge in [-0.2, -0.15) is 0 Å². The van der Waals surface area contributed by atoms with Gasteiger partial charge in [-0.25, -0.2) is 13.2 Å². The normalized spacial score (nSPS) is 13.5. The summed E-state index contributed by atoms with van der Waals surface area (Å²) < 4.78 is 42.1. The Balaban J connectivity index is 0.000000689. The van der Waals surface area contributed by atoms with E-state index in [9.17, 15) is 27.9 Å². The Morgan fingerprint density at radius 1 is 1.12 bits per heavy atom. The fourth-order valence-corrected chi connectivity index (χ4v) is 2.81. The van der Waals surface area contributed by atoms with E-state index in [-0.39, 0.29) is 37.3 Å². The van der Waals surface area contributed by atoms with Gasteiger partial charge in [0.1, 0.15) is 11.4 Å². The Morgan fingerprint density at radius 2 is 1.70 bits per heavy atom. The molecule has 2 aromatic rings. The van der Waals surface area contributed by atoms with Gasteiger partial charge in [-0.1, -0.05) is 26.8 Å². The van der Waals surface area contributed by atoms with E-state index < -0.39 is 40.6 Å². The number of nitrogens with one attached hydrogen (secondary N) is 1. The van der Waals surface area contributed by atoms with Crippen molar-refractivity contribution in [2.75, 3.05) is 25.0 Å². The average Bonchev–Trinajstić information content (AvgIpc) is 2.77. The predicted octanol–water partition coefficient (Wildman–Crippen LogP) is 3.81. The number of aliphatic carboxylic acids is 1. The second kappa shape index (κ2) is 12.2. The van der Waals surface area contributed by atoms with Crippen LogP contribution in [0.25, 0.3) is 0 Å². The second-order valence-corrected chi connectivity index (χ2v) is 7.23. The van der Waals surface area contributed by atoms with E-state index in [0.717, 1.165) is 12.1 Å². The van der Waals surface area contributed by atoms with E-state index in [1.165, 1.54) is 17.0 Å². The molecule has 33 heavy (non-hydrogen) atoms. The molecule has 1 aliphatic rings. The number of likely N-dealkylation sites (tertiary alicyclic amines) is 1. The summed E-state index contributed by atoms with van der Waals surface area (Å²) in [5.41, 5.74) is 4.20. The molecule has 5 N–H and O–H groups in total. The van der Waals surface area contributed by atoms with Crippen molar-refractivity contribution in [3.63, 3.8) is 0 Å². The first kappa shape index (κ1) is 27.9. The number of aliphatic hydroxyl groups is 1. The molecule has 0 unspecified atom stereocenters. The number of rotatable bonds is 5. The van der Waals surface area contributed by atoms with Crippen LogP contribution in [0.3, 0.4) is 0 Å². The number of nitrogens with two attached hydrogens (primary N) is 1. The second-order valence-electron chi connectivity index (χ2n) is 7.23. The molecule has 1 heterocycles. The lowest BCUT2D eigenvalue weighted by Crippen LogP contribution is -2.66. The molecular formula is C23H30F3N3O4. The maximum absolute atomic E-state index is 14.3. The van der Waals surface area contributed by atoms with E-state index in [1.807, 2.05) is 13.8 Å². The first-order chi connectivity index (χ1) is 15.5. The Morgan fingerprint density at radius 3 is 2.18 bits per heavy atom. The Kier molecular flexibility index (Phi) is 10.3. The molecule has 0 spiro atoms. The van der Waals surface area contributed by atoms with Gasteiger partial charge in [0.2, 0.25) is 0 Å². The SMILES string of the molecule is CC.CCC(=O)O.Cc1ccc(Nc2c(C(=O)N3CC(O)(CN)C3)ccc(F)c2F)c(F)c1. The zero-order chi connectivity index (χ0) is 25.3. The lowest BCUT2D eigenvalue weighted by molar-refractivity contribution is -0.136. The van der Waals surface area contributed by atoms with Crippen LogP contribution in [0.4, 0.5) is 24.5 Å². The number of hydrogen-bond donors (Lipinski definition) is 4. The zero-order valence-electron chi connectivity index (χ0n) is 19.1. The van der Waals surface area contributed by atoms with Gasteiger partial charge >= 0.3 is 5.97 Å². The summed E-state index contributed by atoms with van der Waals surface area (Å²) in [5, 5.41) is 20.1. The molecule has 0 radical (unpaired) electrons. The lowest BCUT2D eigenvalue weighted by Gasteiger charge is -2.45. The number of carboxylic acids is 1. The topological polar surface area (TPSA) is 116 Å². The number of halogens is 3. The highest BCUT2D eigenvalue weighted by atomic mass is 19.2. The Bertz CT molecular complexity index is 980. The number of carbonyl (C=O) groups excluding carboxylic acids is 1. The smallest absolute Gasteiger partial charge is 0.303 e. The molecule has 1 saturated heterocycles. The molecule has 0 bridgehead atoms. The van der Waals surface area contributed by atoms with Gasteiger partial charge < -0.3 is 26.2 Å². The molecule has 2 aromatic carbocycles. The van der Waals surface area contributed by atoms with Gasteiger partial charge in [0, 0.05) is 13.0 Å². The Labute approximate surface area is 191 Å². The van der Waals surface area contributed by atoms with Crippen LogP contribution in [0, 0.1) is 24.4 Å². The third kappa shape index (κ3) is 7.19. The molecule has 3 rings (SSSR count). The monoisotopic (exact) mass is 469 g/mol. The molecule has 0 aromatic heterocycles. The largest absolute Gasteiger partial charge is 0.481 e. The molecule has 0 aliphatic carbocycles. The van der Waals surface area contributed by atoms with E-state index in [2.05, 4.69) is 5.32 Å². The minimum absolute atomic E-state index is 0.0142.